The second kappa shape index (κ2) is 11.5. The number of ether oxygens (including phenoxy) is 2. The van der Waals surface area contributed by atoms with E-state index in [9.17, 15) is 5.11 Å². The van der Waals surface area contributed by atoms with Crippen LogP contribution in [0, 0.1) is 0 Å². The number of quaternary nitrogens is 1. The molecule has 1 saturated heterocycles. The van der Waals surface area contributed by atoms with Crippen LogP contribution < -0.4 is 10.4 Å². The highest BCUT2D eigenvalue weighted by Gasteiger charge is 2.20. The standard InChI is InChI=1S/C15H23NO3.C2H2O4/c1-12(15(17)13-6-3-2-4-7-13)16-9-8-14-18-10-5-11-19-14;3-1(4)2(5)6/h2-4,6-7,12,14-17H,5,8-11H2,1H3;(H,3,4)(H,5,6). The number of aliphatic hydroxyl groups excluding tert-OH is 1. The number of carboxylic acids is 2. The smallest absolute Gasteiger partial charge is 0.351 e. The Morgan fingerprint density at radius 1 is 1.28 bits per heavy atom. The highest BCUT2D eigenvalue weighted by Crippen LogP contribution is 2.14. The van der Waals surface area contributed by atoms with Crippen LogP contribution in [-0.4, -0.2) is 54.2 Å². The molecular formula is C17H25NO7. The number of carbonyl (C=O) groups is 2. The maximum absolute atomic E-state index is 10.2. The van der Waals surface area contributed by atoms with Gasteiger partial charge in [-0.1, -0.05) is 30.3 Å². The minimum absolute atomic E-state index is 0.0638. The van der Waals surface area contributed by atoms with E-state index in [2.05, 4.69) is 5.32 Å². The Kier molecular flexibility index (Phi) is 9.71. The highest BCUT2D eigenvalue weighted by molar-refractivity contribution is 6.26. The normalized spacial score (nSPS) is 17.0. The lowest BCUT2D eigenvalue weighted by Crippen LogP contribution is -2.90. The summed E-state index contributed by atoms with van der Waals surface area (Å²) in [6, 6.07) is 9.92. The fourth-order valence-electron chi connectivity index (χ4n) is 2.28. The zero-order valence-electron chi connectivity index (χ0n) is 14.2. The minimum atomic E-state index is -2.07. The summed E-state index contributed by atoms with van der Waals surface area (Å²) in [7, 11) is 0. The summed E-state index contributed by atoms with van der Waals surface area (Å²) < 4.78 is 11.0. The van der Waals surface area contributed by atoms with Gasteiger partial charge in [0.25, 0.3) is 0 Å². The first-order chi connectivity index (χ1) is 11.9. The molecule has 1 aliphatic rings. The fourth-order valence-corrected chi connectivity index (χ4v) is 2.28. The van der Waals surface area contributed by atoms with Crippen molar-refractivity contribution in [2.24, 2.45) is 0 Å². The van der Waals surface area contributed by atoms with Crippen molar-refractivity contribution in [1.29, 1.82) is 0 Å². The number of nitrogens with two attached hydrogens (primary N) is 1. The first-order valence-corrected chi connectivity index (χ1v) is 8.15. The quantitative estimate of drug-likeness (QED) is 0.537. The van der Waals surface area contributed by atoms with Gasteiger partial charge in [0.1, 0.15) is 12.1 Å². The van der Waals surface area contributed by atoms with E-state index in [4.69, 9.17) is 29.3 Å². The summed E-state index contributed by atoms with van der Waals surface area (Å²) in [5.74, 6) is -4.01. The maximum Gasteiger partial charge on any atom is 0.351 e. The molecule has 2 unspecified atom stereocenters. The van der Waals surface area contributed by atoms with Gasteiger partial charge in [0.15, 0.2) is 12.3 Å². The molecule has 1 aromatic carbocycles. The number of hydrogen-bond donors (Lipinski definition) is 3. The Hall–Kier alpha value is -2.00. The van der Waals surface area contributed by atoms with Crippen LogP contribution in [0.15, 0.2) is 30.3 Å². The van der Waals surface area contributed by atoms with Crippen LogP contribution in [-0.2, 0) is 19.1 Å². The molecule has 140 valence electrons. The molecule has 0 aromatic heterocycles. The first-order valence-electron chi connectivity index (χ1n) is 8.15. The van der Waals surface area contributed by atoms with Crippen molar-refractivity contribution in [3.05, 3.63) is 35.9 Å². The van der Waals surface area contributed by atoms with Crippen molar-refractivity contribution < 1.29 is 39.7 Å². The van der Waals surface area contributed by atoms with Gasteiger partial charge in [0, 0.05) is 6.42 Å². The Bertz CT molecular complexity index is 505. The van der Waals surface area contributed by atoms with Gasteiger partial charge < -0.3 is 34.9 Å². The Labute approximate surface area is 146 Å². The molecule has 2 rings (SSSR count). The van der Waals surface area contributed by atoms with Gasteiger partial charge in [0.2, 0.25) is 0 Å². The molecule has 0 bridgehead atoms. The van der Waals surface area contributed by atoms with Crippen molar-refractivity contribution in [2.75, 3.05) is 19.8 Å². The van der Waals surface area contributed by atoms with Gasteiger partial charge >= 0.3 is 5.97 Å². The van der Waals surface area contributed by atoms with Gasteiger partial charge in [-0.15, -0.1) is 0 Å². The van der Waals surface area contributed by atoms with Gasteiger partial charge in [-0.25, -0.2) is 4.79 Å². The second-order valence-electron chi connectivity index (χ2n) is 5.64. The fraction of sp³-hybridized carbons (Fsp3) is 0.529. The minimum Gasteiger partial charge on any atom is -0.539 e. The molecule has 1 fully saturated rings. The topological polar surface area (TPSA) is 133 Å². The summed E-state index contributed by atoms with van der Waals surface area (Å²) in [5, 5.41) is 28.7. The van der Waals surface area contributed by atoms with E-state index in [1.807, 2.05) is 37.3 Å². The van der Waals surface area contributed by atoms with Gasteiger partial charge in [-0.2, -0.15) is 0 Å². The molecule has 1 aliphatic heterocycles. The predicted octanol–water partition coefficient (Wildman–Crippen LogP) is -1.35. The van der Waals surface area contributed by atoms with Crippen molar-refractivity contribution in [3.63, 3.8) is 0 Å². The van der Waals surface area contributed by atoms with E-state index in [-0.39, 0.29) is 12.3 Å². The van der Waals surface area contributed by atoms with E-state index < -0.39 is 18.0 Å². The third kappa shape index (κ3) is 8.59. The third-order valence-corrected chi connectivity index (χ3v) is 3.65. The van der Waals surface area contributed by atoms with Crippen LogP contribution in [0.25, 0.3) is 0 Å². The summed E-state index contributed by atoms with van der Waals surface area (Å²) >= 11 is 0. The van der Waals surface area contributed by atoms with Crippen LogP contribution in [0.1, 0.15) is 31.4 Å². The van der Waals surface area contributed by atoms with E-state index >= 15 is 0 Å². The van der Waals surface area contributed by atoms with Gasteiger partial charge in [0.05, 0.1) is 19.8 Å². The molecule has 25 heavy (non-hydrogen) atoms. The molecular weight excluding hydrogens is 330 g/mol. The maximum atomic E-state index is 10.2. The van der Waals surface area contributed by atoms with Gasteiger partial charge in [-0.3, -0.25) is 0 Å². The monoisotopic (exact) mass is 355 g/mol. The molecule has 8 heteroatoms. The second-order valence-corrected chi connectivity index (χ2v) is 5.64. The van der Waals surface area contributed by atoms with E-state index in [0.29, 0.717) is 0 Å². The van der Waals surface area contributed by atoms with E-state index in [0.717, 1.165) is 38.2 Å². The van der Waals surface area contributed by atoms with Crippen molar-refractivity contribution in [2.45, 2.75) is 38.2 Å². The molecule has 0 spiro atoms. The largest absolute Gasteiger partial charge is 0.539 e. The predicted molar refractivity (Wildman–Crippen MR) is 85.2 cm³/mol. The van der Waals surface area contributed by atoms with Crippen LogP contribution in [0.2, 0.25) is 0 Å². The summed E-state index contributed by atoms with van der Waals surface area (Å²) in [6.07, 6.45) is 1.36. The number of rotatable bonds is 6. The van der Waals surface area contributed by atoms with Crippen LogP contribution >= 0.6 is 0 Å². The van der Waals surface area contributed by atoms with Crippen LogP contribution in [0.3, 0.4) is 0 Å². The lowest BCUT2D eigenvalue weighted by atomic mass is 10.0. The number of aliphatic hydroxyl groups is 1. The lowest BCUT2D eigenvalue weighted by Gasteiger charge is -2.23. The zero-order valence-corrected chi connectivity index (χ0v) is 14.2. The molecule has 8 nitrogen and oxygen atoms in total. The zero-order chi connectivity index (χ0) is 18.7. The molecule has 2 atom stereocenters. The number of benzene rings is 1. The molecule has 1 heterocycles. The van der Waals surface area contributed by atoms with Crippen molar-refractivity contribution in [3.8, 4) is 0 Å². The van der Waals surface area contributed by atoms with Crippen LogP contribution in [0.4, 0.5) is 0 Å². The number of aliphatic carboxylic acids is 2. The highest BCUT2D eigenvalue weighted by atomic mass is 16.7. The number of hydrogen-bond acceptors (Lipinski definition) is 6. The molecule has 4 N–H and O–H groups in total. The SMILES string of the molecule is CC([NH2+]CCC1OCCCO1)C(O)c1ccccc1.O=C([O-])C(=O)O. The van der Waals surface area contributed by atoms with E-state index in [1.54, 1.807) is 0 Å². The van der Waals surface area contributed by atoms with E-state index in [1.165, 1.54) is 0 Å². The lowest BCUT2D eigenvalue weighted by molar-refractivity contribution is -0.696. The van der Waals surface area contributed by atoms with Crippen molar-refractivity contribution in [1.82, 2.24) is 0 Å². The average Bonchev–Trinajstić information content (AvgIpc) is 2.63. The Balaban J connectivity index is 0.000000450. The van der Waals surface area contributed by atoms with Gasteiger partial charge in [-0.05, 0) is 18.9 Å². The summed E-state index contributed by atoms with van der Waals surface area (Å²) in [5.41, 5.74) is 0.969. The average molecular weight is 355 g/mol. The first kappa shape index (κ1) is 21.0. The summed E-state index contributed by atoms with van der Waals surface area (Å²) in [6.45, 7) is 4.54. The summed E-state index contributed by atoms with van der Waals surface area (Å²) in [4.78, 5) is 18.0. The molecule has 0 aliphatic carbocycles. The molecule has 0 radical (unpaired) electrons. The number of carboxylic acid groups (broad SMARTS) is 2. The molecule has 0 amide bonds. The van der Waals surface area contributed by atoms with Crippen LogP contribution in [0.5, 0.6) is 0 Å². The molecule has 0 saturated carbocycles. The Morgan fingerprint density at radius 3 is 2.36 bits per heavy atom. The number of carbonyl (C=O) groups excluding carboxylic acids is 1. The third-order valence-electron chi connectivity index (χ3n) is 3.65. The molecule has 1 aromatic rings. The van der Waals surface area contributed by atoms with Crippen molar-refractivity contribution >= 4 is 11.9 Å². The Morgan fingerprint density at radius 2 is 1.84 bits per heavy atom.